The summed E-state index contributed by atoms with van der Waals surface area (Å²) < 4.78 is 26.4. The van der Waals surface area contributed by atoms with Crippen LogP contribution in [0.3, 0.4) is 0 Å². The van der Waals surface area contributed by atoms with E-state index in [4.69, 9.17) is 0 Å². The van der Waals surface area contributed by atoms with Gasteiger partial charge in [0.15, 0.2) is 0 Å². The van der Waals surface area contributed by atoms with E-state index in [9.17, 15) is 18.0 Å². The molecule has 180 valence electrons. The second-order valence-corrected chi connectivity index (χ2v) is 10.9. The van der Waals surface area contributed by atoms with Crippen molar-refractivity contribution in [2.24, 2.45) is 0 Å². The molecule has 0 aliphatic carbocycles. The molecule has 0 radical (unpaired) electrons. The van der Waals surface area contributed by atoms with Crippen LogP contribution in [0.5, 0.6) is 0 Å². The molecule has 0 saturated carbocycles. The summed E-state index contributed by atoms with van der Waals surface area (Å²) in [7, 11) is -3.74. The average molecular weight is 474 g/mol. The van der Waals surface area contributed by atoms with Crippen LogP contribution in [0.2, 0.25) is 0 Å². The van der Waals surface area contributed by atoms with Gasteiger partial charge in [0.1, 0.15) is 12.6 Å². The molecule has 0 unspecified atom stereocenters. The fraction of sp³-hybridized carbons (Fsp3) is 0.440. The number of hydrogen-bond donors (Lipinski definition) is 1. The molecule has 1 N–H and O–H groups in total. The van der Waals surface area contributed by atoms with Gasteiger partial charge in [0.2, 0.25) is 21.8 Å². The van der Waals surface area contributed by atoms with Crippen LogP contribution in [0.25, 0.3) is 0 Å². The predicted molar refractivity (Wildman–Crippen MR) is 133 cm³/mol. The van der Waals surface area contributed by atoms with E-state index >= 15 is 0 Å². The highest BCUT2D eigenvalue weighted by Crippen LogP contribution is 2.22. The fourth-order valence-electron chi connectivity index (χ4n) is 3.70. The number of aryl methyl sites for hydroxylation is 3. The van der Waals surface area contributed by atoms with E-state index < -0.39 is 28.5 Å². The minimum atomic E-state index is -3.74. The summed E-state index contributed by atoms with van der Waals surface area (Å²) in [5, 5.41) is 2.84. The number of hydrogen-bond acceptors (Lipinski definition) is 4. The third kappa shape index (κ3) is 7.60. The lowest BCUT2D eigenvalue weighted by molar-refractivity contribution is -0.139. The maximum atomic E-state index is 13.5. The first kappa shape index (κ1) is 26.4. The Bertz CT molecular complexity index is 1090. The molecule has 0 bridgehead atoms. The number of nitrogens with one attached hydrogen (secondary N) is 1. The highest BCUT2D eigenvalue weighted by molar-refractivity contribution is 7.92. The molecule has 2 aromatic rings. The quantitative estimate of drug-likeness (QED) is 0.605. The molecule has 2 rings (SSSR count). The Morgan fingerprint density at radius 2 is 1.55 bits per heavy atom. The van der Waals surface area contributed by atoms with Crippen LogP contribution in [0.4, 0.5) is 5.69 Å². The van der Waals surface area contributed by atoms with E-state index in [0.717, 1.165) is 32.8 Å². The summed E-state index contributed by atoms with van der Waals surface area (Å²) in [5.74, 6) is -0.740. The zero-order chi connectivity index (χ0) is 24.9. The molecule has 7 nitrogen and oxygen atoms in total. The zero-order valence-corrected chi connectivity index (χ0v) is 21.4. The first-order valence-corrected chi connectivity index (χ1v) is 12.8. The van der Waals surface area contributed by atoms with Crippen LogP contribution in [0.1, 0.15) is 43.0 Å². The molecule has 0 fully saturated rings. The van der Waals surface area contributed by atoms with Crippen molar-refractivity contribution < 1.29 is 18.0 Å². The number of sulfonamides is 1. The summed E-state index contributed by atoms with van der Waals surface area (Å²) in [6.07, 6.45) is 1.08. The molecule has 1 atom stereocenters. The molecule has 33 heavy (non-hydrogen) atoms. The highest BCUT2D eigenvalue weighted by atomic mass is 32.2. The van der Waals surface area contributed by atoms with Crippen molar-refractivity contribution in [2.45, 2.75) is 60.2 Å². The molecule has 0 saturated heterocycles. The van der Waals surface area contributed by atoms with Crippen LogP contribution in [0.15, 0.2) is 42.5 Å². The van der Waals surface area contributed by atoms with Crippen molar-refractivity contribution in [3.8, 4) is 0 Å². The molecule has 0 aliphatic rings. The van der Waals surface area contributed by atoms with Crippen molar-refractivity contribution in [3.05, 3.63) is 64.7 Å². The smallest absolute Gasteiger partial charge is 0.244 e. The average Bonchev–Trinajstić information content (AvgIpc) is 2.67. The van der Waals surface area contributed by atoms with Crippen molar-refractivity contribution >= 4 is 27.5 Å². The van der Waals surface area contributed by atoms with Crippen LogP contribution in [-0.2, 0) is 26.2 Å². The van der Waals surface area contributed by atoms with Gasteiger partial charge in [-0.25, -0.2) is 8.42 Å². The van der Waals surface area contributed by atoms with E-state index in [1.807, 2.05) is 65.0 Å². The Kier molecular flexibility index (Phi) is 8.66. The Morgan fingerprint density at radius 1 is 0.939 bits per heavy atom. The lowest BCUT2D eigenvalue weighted by Gasteiger charge is -2.32. The van der Waals surface area contributed by atoms with Gasteiger partial charge in [0.25, 0.3) is 0 Å². The minimum Gasteiger partial charge on any atom is -0.352 e. The first-order valence-electron chi connectivity index (χ1n) is 11.0. The maximum Gasteiger partial charge on any atom is 0.244 e. The normalized spacial score (nSPS) is 12.4. The first-order chi connectivity index (χ1) is 15.3. The molecule has 8 heteroatoms. The largest absolute Gasteiger partial charge is 0.352 e. The van der Waals surface area contributed by atoms with E-state index in [-0.39, 0.29) is 18.5 Å². The zero-order valence-electron chi connectivity index (χ0n) is 20.5. The molecule has 0 aliphatic heterocycles. The van der Waals surface area contributed by atoms with Crippen LogP contribution in [0, 0.1) is 20.8 Å². The third-order valence-corrected chi connectivity index (χ3v) is 6.35. The van der Waals surface area contributed by atoms with E-state index in [1.54, 1.807) is 19.1 Å². The van der Waals surface area contributed by atoms with E-state index in [0.29, 0.717) is 5.69 Å². The molecule has 0 heterocycles. The molecule has 0 spiro atoms. The minimum absolute atomic E-state index is 0.0846. The molecule has 0 aromatic heterocycles. The number of carbonyl (C=O) groups excluding carboxylic acids is 2. The van der Waals surface area contributed by atoms with Crippen molar-refractivity contribution in [2.75, 3.05) is 17.1 Å². The van der Waals surface area contributed by atoms with Crippen molar-refractivity contribution in [1.82, 2.24) is 10.2 Å². The Balaban J connectivity index is 2.42. The number of amides is 2. The summed E-state index contributed by atoms with van der Waals surface area (Å²) in [6.45, 7) is 10.9. The molecular formula is C25H35N3O4S. The molecular weight excluding hydrogens is 438 g/mol. The summed E-state index contributed by atoms with van der Waals surface area (Å²) in [4.78, 5) is 27.7. The van der Waals surface area contributed by atoms with Gasteiger partial charge in [-0.3, -0.25) is 13.9 Å². The van der Waals surface area contributed by atoms with Gasteiger partial charge in [-0.05, 0) is 70.4 Å². The second-order valence-electron chi connectivity index (χ2n) is 8.97. The summed E-state index contributed by atoms with van der Waals surface area (Å²) in [6, 6.07) is 12.2. The van der Waals surface area contributed by atoms with Crippen LogP contribution >= 0.6 is 0 Å². The predicted octanol–water partition coefficient (Wildman–Crippen LogP) is 3.32. The fourth-order valence-corrected chi connectivity index (χ4v) is 4.54. The van der Waals surface area contributed by atoms with Gasteiger partial charge in [0, 0.05) is 12.6 Å². The van der Waals surface area contributed by atoms with Gasteiger partial charge in [-0.1, -0.05) is 35.9 Å². The Hall–Kier alpha value is -2.87. The maximum absolute atomic E-state index is 13.5. The van der Waals surface area contributed by atoms with Crippen LogP contribution in [-0.4, -0.2) is 50.0 Å². The monoisotopic (exact) mass is 473 g/mol. The Morgan fingerprint density at radius 3 is 2.06 bits per heavy atom. The molecule has 2 aromatic carbocycles. The Labute approximate surface area is 197 Å². The number of rotatable bonds is 9. The van der Waals surface area contributed by atoms with E-state index in [1.165, 1.54) is 4.90 Å². The van der Waals surface area contributed by atoms with Gasteiger partial charge >= 0.3 is 0 Å². The van der Waals surface area contributed by atoms with Crippen molar-refractivity contribution in [1.29, 1.82) is 0 Å². The lowest BCUT2D eigenvalue weighted by atomic mass is 10.1. The van der Waals surface area contributed by atoms with Crippen molar-refractivity contribution in [3.63, 3.8) is 0 Å². The van der Waals surface area contributed by atoms with Crippen LogP contribution < -0.4 is 9.62 Å². The molecule has 2 amide bonds. The second kappa shape index (κ2) is 10.8. The van der Waals surface area contributed by atoms with Gasteiger partial charge in [-0.15, -0.1) is 0 Å². The number of carbonyl (C=O) groups is 2. The lowest BCUT2D eigenvalue weighted by Crippen LogP contribution is -2.52. The summed E-state index contributed by atoms with van der Waals surface area (Å²) >= 11 is 0. The van der Waals surface area contributed by atoms with Gasteiger partial charge in [-0.2, -0.15) is 0 Å². The number of anilines is 1. The topological polar surface area (TPSA) is 86.8 Å². The van der Waals surface area contributed by atoms with E-state index in [2.05, 4.69) is 5.32 Å². The SMILES string of the molecule is Cc1cccc(CN(C(=O)CN(c2cc(C)cc(C)c2)S(C)(=O)=O)[C@@H](C)C(=O)NC(C)C)c1. The summed E-state index contributed by atoms with van der Waals surface area (Å²) in [5.41, 5.74) is 4.12. The number of nitrogens with zero attached hydrogens (tertiary/aromatic N) is 2. The number of benzene rings is 2. The third-order valence-electron chi connectivity index (χ3n) is 5.21. The van der Waals surface area contributed by atoms with Gasteiger partial charge in [0.05, 0.1) is 11.9 Å². The van der Waals surface area contributed by atoms with Gasteiger partial charge < -0.3 is 10.2 Å². The highest BCUT2D eigenvalue weighted by Gasteiger charge is 2.30. The standard InChI is InChI=1S/C25H35N3O4S/c1-17(2)26-25(30)21(6)27(15-22-10-8-9-18(3)12-22)24(29)16-28(33(7,31)32)23-13-19(4)11-20(5)14-23/h8-14,17,21H,15-16H2,1-7H3,(H,26,30)/t21-/m0/s1.